The summed E-state index contributed by atoms with van der Waals surface area (Å²) in [5, 5.41) is 0. The third-order valence-corrected chi connectivity index (χ3v) is 8.63. The molecule has 3 amide bonds. The van der Waals surface area contributed by atoms with Crippen LogP contribution in [0.25, 0.3) is 0 Å². The van der Waals surface area contributed by atoms with E-state index in [1.165, 1.54) is 37.1 Å². The predicted molar refractivity (Wildman–Crippen MR) is 199 cm³/mol. The van der Waals surface area contributed by atoms with Gasteiger partial charge in [-0.2, -0.15) is 0 Å². The molecule has 1 heterocycles. The number of hydrogen-bond acceptors (Lipinski definition) is 11. The van der Waals surface area contributed by atoms with E-state index in [0.717, 1.165) is 16.0 Å². The summed E-state index contributed by atoms with van der Waals surface area (Å²) in [5.41, 5.74) is 1.92. The van der Waals surface area contributed by atoms with Crippen LogP contribution < -0.4 is 14.4 Å². The fourth-order valence-electron chi connectivity index (χ4n) is 5.96. The molecular formula is C42H42N2O11. The van der Waals surface area contributed by atoms with Gasteiger partial charge in [-0.25, -0.2) is 19.3 Å². The maximum absolute atomic E-state index is 14.2. The molecule has 0 aromatic heterocycles. The number of anilines is 1. The molecule has 1 aliphatic rings. The van der Waals surface area contributed by atoms with E-state index in [0.29, 0.717) is 24.9 Å². The topological polar surface area (TPSA) is 155 Å². The molecule has 0 aliphatic carbocycles. The van der Waals surface area contributed by atoms with Gasteiger partial charge in [0.15, 0.2) is 6.23 Å². The smallest absolute Gasteiger partial charge is 0.497 e. The molecule has 55 heavy (non-hydrogen) atoms. The number of carbonyl (C=O) groups excluding carboxylic acids is 6. The molecule has 0 N–H and O–H groups in total. The second-order valence-electron chi connectivity index (χ2n) is 12.7. The van der Waals surface area contributed by atoms with Gasteiger partial charge in [0.05, 0.1) is 30.8 Å². The molecule has 2 atom stereocenters. The number of para-hydroxylation sites is 1. The van der Waals surface area contributed by atoms with E-state index in [2.05, 4.69) is 0 Å². The van der Waals surface area contributed by atoms with Crippen molar-refractivity contribution in [3.63, 3.8) is 0 Å². The molecule has 1 saturated heterocycles. The number of nitrogens with zero attached hydrogens (tertiary/aromatic N) is 2. The first kappa shape index (κ1) is 39.7. The second kappa shape index (κ2) is 19.5. The normalized spacial score (nSPS) is 15.2. The van der Waals surface area contributed by atoms with Gasteiger partial charge < -0.3 is 28.5 Å². The van der Waals surface area contributed by atoms with Crippen molar-refractivity contribution in [3.05, 3.63) is 126 Å². The molecule has 0 radical (unpaired) electrons. The summed E-state index contributed by atoms with van der Waals surface area (Å²) >= 11 is 0. The highest BCUT2D eigenvalue weighted by molar-refractivity contribution is 6.17. The van der Waals surface area contributed by atoms with Crippen molar-refractivity contribution in [3.8, 4) is 11.5 Å². The predicted octanol–water partition coefficient (Wildman–Crippen LogP) is 6.91. The first-order valence-corrected chi connectivity index (χ1v) is 17.8. The van der Waals surface area contributed by atoms with E-state index in [1.807, 2.05) is 60.7 Å². The Bertz CT molecular complexity index is 1890. The van der Waals surface area contributed by atoms with Gasteiger partial charge in [-0.15, -0.1) is 0 Å². The first-order valence-electron chi connectivity index (χ1n) is 17.8. The molecule has 2 unspecified atom stereocenters. The number of Topliss-reactive ketones (excluding diaryl/α,β-unsaturated/α-hetero) is 1. The SMILES string of the molecule is COc1cc(OC(=O)CCCCC(C)=O)cc(C(=O)OCCOC(=O)OC2C(Cc3ccccc3)C(=O)N(c3ccccc3)C(=O)N2Cc2ccccc2)c1. The molecule has 13 nitrogen and oxygen atoms in total. The lowest BCUT2D eigenvalue weighted by Crippen LogP contribution is -2.63. The van der Waals surface area contributed by atoms with E-state index in [1.54, 1.807) is 30.3 Å². The summed E-state index contributed by atoms with van der Waals surface area (Å²) < 4.78 is 27.0. The van der Waals surface area contributed by atoms with Gasteiger partial charge in [0.2, 0.25) is 5.91 Å². The number of unbranched alkanes of at least 4 members (excludes halogenated alkanes) is 1. The van der Waals surface area contributed by atoms with Crippen LogP contribution in [0.3, 0.4) is 0 Å². The van der Waals surface area contributed by atoms with E-state index in [4.69, 9.17) is 23.7 Å². The van der Waals surface area contributed by atoms with Gasteiger partial charge in [-0.3, -0.25) is 14.5 Å². The van der Waals surface area contributed by atoms with Gasteiger partial charge in [-0.05, 0) is 61.6 Å². The Kier molecular flexibility index (Phi) is 14.1. The Morgan fingerprint density at radius 1 is 0.709 bits per heavy atom. The van der Waals surface area contributed by atoms with Gasteiger partial charge in [0.25, 0.3) is 0 Å². The van der Waals surface area contributed by atoms with Crippen LogP contribution in [0.5, 0.6) is 11.5 Å². The number of amides is 3. The molecular weight excluding hydrogens is 708 g/mol. The number of imide groups is 1. The van der Waals surface area contributed by atoms with Gasteiger partial charge in [-0.1, -0.05) is 78.9 Å². The first-order chi connectivity index (χ1) is 26.6. The summed E-state index contributed by atoms with van der Waals surface area (Å²) in [6, 6.07) is 30.3. The quantitative estimate of drug-likeness (QED) is 0.0628. The summed E-state index contributed by atoms with van der Waals surface area (Å²) in [4.78, 5) is 80.3. The molecule has 0 saturated carbocycles. The van der Waals surface area contributed by atoms with Crippen molar-refractivity contribution >= 4 is 41.5 Å². The number of esters is 2. The largest absolute Gasteiger partial charge is 0.510 e. The van der Waals surface area contributed by atoms with Crippen LogP contribution in [0, 0.1) is 5.92 Å². The van der Waals surface area contributed by atoms with Gasteiger partial charge >= 0.3 is 24.1 Å². The molecule has 1 aliphatic heterocycles. The number of ketones is 1. The van der Waals surface area contributed by atoms with Crippen LogP contribution in [-0.4, -0.2) is 67.3 Å². The second-order valence-corrected chi connectivity index (χ2v) is 12.7. The number of hydrogen-bond donors (Lipinski definition) is 0. The summed E-state index contributed by atoms with van der Waals surface area (Å²) in [5.74, 6) is -2.56. The number of urea groups is 1. The van der Waals surface area contributed by atoms with Crippen molar-refractivity contribution in [1.29, 1.82) is 0 Å². The minimum atomic E-state index is -1.34. The van der Waals surface area contributed by atoms with Gasteiger partial charge in [0, 0.05) is 18.9 Å². The Balaban J connectivity index is 1.26. The Labute approximate surface area is 318 Å². The van der Waals surface area contributed by atoms with Gasteiger partial charge in [0.1, 0.15) is 30.5 Å². The number of rotatable bonds is 17. The van der Waals surface area contributed by atoms with E-state index >= 15 is 0 Å². The molecule has 4 aromatic rings. The third kappa shape index (κ3) is 11.2. The Morgan fingerprint density at radius 3 is 1.96 bits per heavy atom. The van der Waals surface area contributed by atoms with E-state index in [-0.39, 0.29) is 48.8 Å². The lowest BCUT2D eigenvalue weighted by Gasteiger charge is -2.43. The van der Waals surface area contributed by atoms with Crippen molar-refractivity contribution in [1.82, 2.24) is 4.90 Å². The minimum Gasteiger partial charge on any atom is -0.497 e. The van der Waals surface area contributed by atoms with E-state index < -0.39 is 48.8 Å². The maximum Gasteiger partial charge on any atom is 0.510 e. The highest BCUT2D eigenvalue weighted by Gasteiger charge is 2.49. The Hall–Kier alpha value is -6.50. The zero-order valence-corrected chi connectivity index (χ0v) is 30.6. The number of carbonyl (C=O) groups is 6. The van der Waals surface area contributed by atoms with Crippen molar-refractivity contribution in [2.24, 2.45) is 5.92 Å². The van der Waals surface area contributed by atoms with Crippen LogP contribution in [0.15, 0.2) is 109 Å². The standard InChI is InChI=1S/C42H42N2O11/c1-29(45)14-12-13-21-37(46)54-35-26-32(25-34(27-35)51-2)40(48)52-22-23-53-42(50)55-39-36(24-30-15-6-3-7-16-30)38(47)44(33-19-10-5-11-20-33)41(49)43(39)28-31-17-8-4-9-18-31/h3-11,15-20,25-27,36,39H,12-14,21-24,28H2,1-2H3. The maximum atomic E-state index is 14.2. The fourth-order valence-corrected chi connectivity index (χ4v) is 5.96. The highest BCUT2D eigenvalue weighted by atomic mass is 16.7. The monoisotopic (exact) mass is 750 g/mol. The fraction of sp³-hybridized carbons (Fsp3) is 0.286. The average molecular weight is 751 g/mol. The summed E-state index contributed by atoms with van der Waals surface area (Å²) in [6.07, 6.45) is -0.888. The number of ether oxygens (including phenoxy) is 5. The molecule has 4 aromatic carbocycles. The van der Waals surface area contributed by atoms with Crippen LogP contribution >= 0.6 is 0 Å². The molecule has 5 rings (SSSR count). The lowest BCUT2D eigenvalue weighted by atomic mass is 9.93. The molecule has 0 spiro atoms. The number of methoxy groups -OCH3 is 1. The lowest BCUT2D eigenvalue weighted by molar-refractivity contribution is -0.136. The summed E-state index contributed by atoms with van der Waals surface area (Å²) in [7, 11) is 1.38. The van der Waals surface area contributed by atoms with E-state index in [9.17, 15) is 28.8 Å². The number of benzene rings is 4. The zero-order valence-electron chi connectivity index (χ0n) is 30.6. The van der Waals surface area contributed by atoms with Crippen molar-refractivity contribution < 1.29 is 52.5 Å². The minimum absolute atomic E-state index is 0.0174. The molecule has 0 bridgehead atoms. The third-order valence-electron chi connectivity index (χ3n) is 8.63. The molecule has 286 valence electrons. The summed E-state index contributed by atoms with van der Waals surface area (Å²) in [6.45, 7) is 0.722. The molecule has 13 heteroatoms. The Morgan fingerprint density at radius 2 is 1.31 bits per heavy atom. The van der Waals surface area contributed by atoms with Crippen LogP contribution in [0.1, 0.15) is 54.1 Å². The van der Waals surface area contributed by atoms with Crippen molar-refractivity contribution in [2.45, 2.75) is 51.8 Å². The van der Waals surface area contributed by atoms with Crippen molar-refractivity contribution in [2.75, 3.05) is 25.2 Å². The zero-order chi connectivity index (χ0) is 39.2. The van der Waals surface area contributed by atoms with Crippen LogP contribution in [0.2, 0.25) is 0 Å². The highest BCUT2D eigenvalue weighted by Crippen LogP contribution is 2.32. The molecule has 1 fully saturated rings. The van der Waals surface area contributed by atoms with Crippen LogP contribution in [-0.2, 0) is 41.6 Å². The van der Waals surface area contributed by atoms with Crippen LogP contribution in [0.4, 0.5) is 15.3 Å². The average Bonchev–Trinajstić information content (AvgIpc) is 3.19.